The first kappa shape index (κ1) is 13.9. The number of unbranched alkanes of at least 4 members (excludes halogenated alkanes) is 1. The molecule has 1 aromatic carbocycles. The molecular weight excluding hydrogens is 245 g/mol. The molecule has 3 heteroatoms. The number of aryl methyl sites for hydroxylation is 1. The van der Waals surface area contributed by atoms with Crippen molar-refractivity contribution in [3.05, 3.63) is 35.4 Å². The molecule has 0 aliphatic carbocycles. The predicted octanol–water partition coefficient (Wildman–Crippen LogP) is 3.66. The zero-order chi connectivity index (χ0) is 12.8. The van der Waals surface area contributed by atoms with Gasteiger partial charge in [0.1, 0.15) is 0 Å². The Morgan fingerprint density at radius 2 is 1.89 bits per heavy atom. The Balaban J connectivity index is 2.15. The van der Waals surface area contributed by atoms with Crippen LogP contribution < -0.4 is 5.73 Å². The number of hydrogen-bond acceptors (Lipinski definition) is 2. The summed E-state index contributed by atoms with van der Waals surface area (Å²) in [5.41, 5.74) is 9.06. The van der Waals surface area contributed by atoms with Crippen molar-refractivity contribution >= 4 is 11.8 Å². The van der Waals surface area contributed by atoms with Gasteiger partial charge in [0.25, 0.3) is 0 Å². The van der Waals surface area contributed by atoms with Gasteiger partial charge in [0.05, 0.1) is 6.67 Å². The van der Waals surface area contributed by atoms with Crippen molar-refractivity contribution in [2.45, 2.75) is 37.6 Å². The van der Waals surface area contributed by atoms with Crippen molar-refractivity contribution in [3.63, 3.8) is 0 Å². The lowest BCUT2D eigenvalue weighted by atomic mass is 9.81. The van der Waals surface area contributed by atoms with Crippen molar-refractivity contribution in [1.29, 1.82) is 0 Å². The van der Waals surface area contributed by atoms with Crippen LogP contribution >= 0.6 is 11.8 Å². The molecule has 0 radical (unpaired) electrons. The molecule has 100 valence electrons. The van der Waals surface area contributed by atoms with E-state index in [0.29, 0.717) is 6.42 Å². The van der Waals surface area contributed by atoms with E-state index in [1.807, 2.05) is 11.8 Å². The maximum Gasteiger partial charge on any atom is 0.0894 e. The topological polar surface area (TPSA) is 26.0 Å². The van der Waals surface area contributed by atoms with Crippen molar-refractivity contribution in [1.82, 2.24) is 0 Å². The fourth-order valence-corrected chi connectivity index (χ4v) is 3.86. The highest BCUT2D eigenvalue weighted by Crippen LogP contribution is 2.35. The second kappa shape index (κ2) is 6.58. The van der Waals surface area contributed by atoms with Crippen LogP contribution in [0.2, 0.25) is 0 Å². The number of nitrogens with two attached hydrogens (primary N) is 1. The van der Waals surface area contributed by atoms with E-state index in [-0.39, 0.29) is 12.2 Å². The van der Waals surface area contributed by atoms with Crippen molar-refractivity contribution < 1.29 is 4.39 Å². The summed E-state index contributed by atoms with van der Waals surface area (Å²) in [7, 11) is 0. The highest BCUT2D eigenvalue weighted by atomic mass is 32.2. The number of hydrogen-bond donors (Lipinski definition) is 1. The summed E-state index contributed by atoms with van der Waals surface area (Å²) in [6, 6.07) is 8.46. The standard InChI is InChI=1S/C15H22FNS/c16-10-4-3-6-13-5-1-2-7-14(13)15(17)8-11-18-12-9-15/h1-2,5,7H,3-4,6,8-12,17H2. The lowest BCUT2D eigenvalue weighted by Gasteiger charge is -2.35. The van der Waals surface area contributed by atoms with Gasteiger partial charge in [0.15, 0.2) is 0 Å². The van der Waals surface area contributed by atoms with Gasteiger partial charge >= 0.3 is 0 Å². The zero-order valence-corrected chi connectivity index (χ0v) is 11.6. The smallest absolute Gasteiger partial charge is 0.0894 e. The van der Waals surface area contributed by atoms with Crippen LogP contribution in [0, 0.1) is 0 Å². The quantitative estimate of drug-likeness (QED) is 0.824. The number of rotatable bonds is 5. The van der Waals surface area contributed by atoms with Crippen molar-refractivity contribution in [2.75, 3.05) is 18.2 Å². The summed E-state index contributed by atoms with van der Waals surface area (Å²) >= 11 is 1.99. The number of alkyl halides is 1. The molecular formula is C15H22FNS. The Labute approximate surface area is 113 Å². The molecule has 2 rings (SSSR count). The number of thioether (sulfide) groups is 1. The number of benzene rings is 1. The fourth-order valence-electron chi connectivity index (χ4n) is 2.64. The molecule has 0 spiro atoms. The molecule has 0 unspecified atom stereocenters. The Morgan fingerprint density at radius 3 is 2.61 bits per heavy atom. The summed E-state index contributed by atoms with van der Waals surface area (Å²) < 4.78 is 12.2. The minimum absolute atomic E-state index is 0.155. The Morgan fingerprint density at radius 1 is 1.17 bits per heavy atom. The van der Waals surface area contributed by atoms with Gasteiger partial charge in [-0.3, -0.25) is 4.39 Å². The predicted molar refractivity (Wildman–Crippen MR) is 77.8 cm³/mol. The van der Waals surface area contributed by atoms with E-state index in [2.05, 4.69) is 24.3 Å². The third-order valence-corrected chi connectivity index (χ3v) is 4.75. The summed E-state index contributed by atoms with van der Waals surface area (Å²) in [4.78, 5) is 0. The van der Waals surface area contributed by atoms with Gasteiger partial charge in [-0.1, -0.05) is 24.3 Å². The summed E-state index contributed by atoms with van der Waals surface area (Å²) in [5.74, 6) is 2.30. The second-order valence-corrected chi connectivity index (χ2v) is 6.30. The van der Waals surface area contributed by atoms with Crippen LogP contribution in [0.15, 0.2) is 24.3 Å². The van der Waals surface area contributed by atoms with Crippen LogP contribution in [-0.2, 0) is 12.0 Å². The summed E-state index contributed by atoms with van der Waals surface area (Å²) in [6.07, 6.45) is 4.63. The van der Waals surface area contributed by atoms with Gasteiger partial charge in [0, 0.05) is 5.54 Å². The average Bonchev–Trinajstić information content (AvgIpc) is 2.40. The Bertz CT molecular complexity index is 375. The molecule has 1 aliphatic rings. The first-order chi connectivity index (χ1) is 8.76. The SMILES string of the molecule is NC1(c2ccccc2CCCCF)CCSCC1. The second-order valence-electron chi connectivity index (χ2n) is 5.07. The Kier molecular flexibility index (Phi) is 5.07. The first-order valence-corrected chi connectivity index (χ1v) is 7.93. The largest absolute Gasteiger partial charge is 0.321 e. The summed E-state index contributed by atoms with van der Waals surface area (Å²) in [6.45, 7) is -0.216. The molecule has 0 bridgehead atoms. The van der Waals surface area contributed by atoms with Crippen LogP contribution in [-0.4, -0.2) is 18.2 Å². The van der Waals surface area contributed by atoms with E-state index >= 15 is 0 Å². The molecule has 1 fully saturated rings. The molecule has 1 nitrogen and oxygen atoms in total. The zero-order valence-electron chi connectivity index (χ0n) is 10.8. The average molecular weight is 267 g/mol. The molecule has 1 saturated heterocycles. The Hall–Kier alpha value is -0.540. The van der Waals surface area contributed by atoms with Gasteiger partial charge in [0.2, 0.25) is 0 Å². The molecule has 1 aromatic rings. The molecule has 18 heavy (non-hydrogen) atoms. The highest BCUT2D eigenvalue weighted by molar-refractivity contribution is 7.99. The fraction of sp³-hybridized carbons (Fsp3) is 0.600. The van der Waals surface area contributed by atoms with Gasteiger partial charge in [-0.25, -0.2) is 0 Å². The minimum atomic E-state index is -0.216. The van der Waals surface area contributed by atoms with Gasteiger partial charge in [-0.05, 0) is 54.7 Å². The molecule has 0 atom stereocenters. The molecule has 0 aromatic heterocycles. The third kappa shape index (κ3) is 3.27. The molecule has 1 aliphatic heterocycles. The van der Waals surface area contributed by atoms with Crippen LogP contribution in [0.4, 0.5) is 4.39 Å². The van der Waals surface area contributed by atoms with Crippen molar-refractivity contribution in [2.24, 2.45) is 5.73 Å². The number of halogens is 1. The monoisotopic (exact) mass is 267 g/mol. The normalized spacial score (nSPS) is 18.8. The van der Waals surface area contributed by atoms with Crippen LogP contribution in [0.3, 0.4) is 0 Å². The molecule has 0 saturated carbocycles. The minimum Gasteiger partial charge on any atom is -0.321 e. The van der Waals surface area contributed by atoms with E-state index in [1.54, 1.807) is 0 Å². The summed E-state index contributed by atoms with van der Waals surface area (Å²) in [5, 5.41) is 0. The van der Waals surface area contributed by atoms with E-state index in [1.165, 1.54) is 11.1 Å². The van der Waals surface area contributed by atoms with E-state index in [9.17, 15) is 4.39 Å². The van der Waals surface area contributed by atoms with E-state index in [0.717, 1.165) is 37.2 Å². The molecule has 1 heterocycles. The highest BCUT2D eigenvalue weighted by Gasteiger charge is 2.31. The van der Waals surface area contributed by atoms with Crippen LogP contribution in [0.25, 0.3) is 0 Å². The van der Waals surface area contributed by atoms with Gasteiger partial charge in [-0.2, -0.15) is 11.8 Å². The maximum absolute atomic E-state index is 12.2. The van der Waals surface area contributed by atoms with Crippen LogP contribution in [0.1, 0.15) is 36.8 Å². The van der Waals surface area contributed by atoms with Crippen molar-refractivity contribution in [3.8, 4) is 0 Å². The van der Waals surface area contributed by atoms with Gasteiger partial charge in [-0.15, -0.1) is 0 Å². The third-order valence-electron chi connectivity index (χ3n) is 3.77. The first-order valence-electron chi connectivity index (χ1n) is 6.77. The lowest BCUT2D eigenvalue weighted by molar-refractivity contribution is 0.405. The lowest BCUT2D eigenvalue weighted by Crippen LogP contribution is -2.41. The van der Waals surface area contributed by atoms with Crippen LogP contribution in [0.5, 0.6) is 0 Å². The van der Waals surface area contributed by atoms with E-state index in [4.69, 9.17) is 5.73 Å². The van der Waals surface area contributed by atoms with Gasteiger partial charge < -0.3 is 5.73 Å². The van der Waals surface area contributed by atoms with E-state index < -0.39 is 0 Å². The maximum atomic E-state index is 12.2. The molecule has 0 amide bonds. The molecule has 2 N–H and O–H groups in total.